The highest BCUT2D eigenvalue weighted by Crippen LogP contribution is 2.68. The van der Waals surface area contributed by atoms with Crippen molar-refractivity contribution >= 4 is 0 Å². The van der Waals surface area contributed by atoms with E-state index in [1.165, 1.54) is 42.5 Å². The molecule has 17 N–H and O–H groups in total. The third-order valence-electron chi connectivity index (χ3n) is 16.6. The molecule has 6 aliphatic rings. The molecule has 0 unspecified atom stereocenters. The number of fused-ring (bicyclic) bond motifs is 16. The Bertz CT molecular complexity index is 4110. The lowest BCUT2D eigenvalue weighted by atomic mass is 9.70. The van der Waals surface area contributed by atoms with E-state index >= 15 is 0 Å². The van der Waals surface area contributed by atoms with Gasteiger partial charge in [-0.2, -0.15) is 0 Å². The predicted molar refractivity (Wildman–Crippen MR) is 279 cm³/mol. The number of rotatable bonds is 5. The van der Waals surface area contributed by atoms with Gasteiger partial charge in [-0.25, -0.2) is 0 Å². The molecule has 4 bridgehead atoms. The molecule has 6 aliphatic heterocycles. The van der Waals surface area contributed by atoms with E-state index in [-0.39, 0.29) is 90.8 Å². The van der Waals surface area contributed by atoms with Gasteiger partial charge in [-0.15, -0.1) is 0 Å². The SMILES string of the molecule is Oc1ccc([C@@]23Oc4cc(O)cc(O)c4[C@@H](c4c(cc(O)c5c4O[C@@H](c4ccc(O)c(O)c4)[C@H](O)[C@@H]5c4c(O)cc(O)c5c4O[C@@]4(c6ccc(O)c(O)c6)Oc6cc(O)c7c(c6[C@H]5[C@@H]4O)O[C@@H](c4ccc(O)c(O)c4)[C@H](O)C7)O2)[C@H]3O)cc1. The molecule has 0 saturated carbocycles. The third-order valence-corrected chi connectivity index (χ3v) is 16.6. The fraction of sp³-hybridized carbons (Fsp3) is 0.200. The highest BCUT2D eigenvalue weighted by Gasteiger charge is 2.64. The van der Waals surface area contributed by atoms with Crippen LogP contribution < -0.4 is 28.4 Å². The van der Waals surface area contributed by atoms with Crippen molar-refractivity contribution in [2.45, 2.75) is 72.4 Å². The van der Waals surface area contributed by atoms with Crippen molar-refractivity contribution in [2.24, 2.45) is 0 Å². The molecule has 0 aromatic heterocycles. The maximum absolute atomic E-state index is 13.1. The number of ether oxygens (including phenoxy) is 6. The lowest BCUT2D eigenvalue weighted by Crippen LogP contribution is -2.58. The van der Waals surface area contributed by atoms with Gasteiger partial charge in [-0.3, -0.25) is 0 Å². The molecule has 23 heteroatoms. The van der Waals surface area contributed by atoms with Gasteiger partial charge in [0.15, 0.2) is 40.6 Å². The van der Waals surface area contributed by atoms with Crippen LogP contribution in [0, 0.1) is 0 Å². The Kier molecular flexibility index (Phi) is 10.7. The summed E-state index contributed by atoms with van der Waals surface area (Å²) in [6.45, 7) is 0. The van der Waals surface area contributed by atoms with Crippen LogP contribution in [0.1, 0.15) is 91.2 Å². The Morgan fingerprint density at radius 1 is 0.337 bits per heavy atom. The van der Waals surface area contributed by atoms with Crippen LogP contribution in [-0.4, -0.2) is 111 Å². The van der Waals surface area contributed by atoms with E-state index in [4.69, 9.17) is 28.4 Å². The second kappa shape index (κ2) is 17.4. The van der Waals surface area contributed by atoms with Crippen LogP contribution in [-0.2, 0) is 18.0 Å². The summed E-state index contributed by atoms with van der Waals surface area (Å²) < 4.78 is 39.8. The summed E-state index contributed by atoms with van der Waals surface area (Å²) in [6, 6.07) is 20.9. The standard InChI is InChI=1S/C60H46O23/c61-24-6-3-22(4-7-24)59-57(76)49(42-34(70)14-25(62)15-39(42)80-59)47-41(81-59)19-37(73)43-48(51(75)53(79-55(43)47)21-2-9-28(64)32(68)12-21)44-35(71)17-36(72)45-50-46-40(82-60(58(50)77,83-56(44)45)23-5-10-29(65)33(69)13-23)18-30(66)26-16-38(74)52(78-54(26)46)20-1-8-27(63)31(67)11-20/h1-15,17-19,38,48-53,57-58,61-77H,16H2/t38-,48+,49+,50+,51-,52+,53+,57-,58+,59-,60-/m1/s1. The summed E-state index contributed by atoms with van der Waals surface area (Å²) in [5, 5.41) is 196. The summed E-state index contributed by atoms with van der Waals surface area (Å²) in [5.74, 6) is -19.7. The van der Waals surface area contributed by atoms with Crippen molar-refractivity contribution in [3.05, 3.63) is 170 Å². The highest BCUT2D eigenvalue weighted by atomic mass is 16.7. The maximum Gasteiger partial charge on any atom is 0.305 e. The van der Waals surface area contributed by atoms with Gasteiger partial charge in [0.1, 0.15) is 99.2 Å². The molecule has 0 fully saturated rings. The van der Waals surface area contributed by atoms with Crippen LogP contribution in [0.15, 0.2) is 109 Å². The lowest BCUT2D eigenvalue weighted by molar-refractivity contribution is -0.219. The molecule has 0 spiro atoms. The first-order chi connectivity index (χ1) is 39.6. The summed E-state index contributed by atoms with van der Waals surface area (Å²) in [5.41, 5.74) is -1.62. The average Bonchev–Trinajstić information content (AvgIpc) is 0.784. The fourth-order valence-electron chi connectivity index (χ4n) is 12.9. The molecule has 11 atom stereocenters. The summed E-state index contributed by atoms with van der Waals surface area (Å²) in [4.78, 5) is 0. The maximum atomic E-state index is 13.1. The topological polar surface area (TPSA) is 399 Å². The van der Waals surface area contributed by atoms with Crippen LogP contribution in [0.5, 0.6) is 109 Å². The Balaban J connectivity index is 1.04. The quantitative estimate of drug-likeness (QED) is 0.0907. The van der Waals surface area contributed by atoms with Crippen molar-refractivity contribution in [3.8, 4) is 109 Å². The predicted octanol–water partition coefficient (Wildman–Crippen LogP) is 5.78. The molecule has 0 aliphatic carbocycles. The number of aromatic hydroxyl groups is 13. The van der Waals surface area contributed by atoms with Crippen LogP contribution in [0.2, 0.25) is 0 Å². The molecule has 0 amide bonds. The van der Waals surface area contributed by atoms with E-state index in [0.717, 1.165) is 66.7 Å². The van der Waals surface area contributed by atoms with E-state index in [0.29, 0.717) is 0 Å². The number of phenolic OH excluding ortho intramolecular Hbond substituents is 13. The monoisotopic (exact) mass is 1130 g/mol. The number of phenols is 13. The van der Waals surface area contributed by atoms with Gasteiger partial charge in [0.05, 0.1) is 23.9 Å². The Labute approximate surface area is 465 Å². The molecular weight excluding hydrogens is 1090 g/mol. The number of aliphatic hydroxyl groups is 4. The van der Waals surface area contributed by atoms with Crippen molar-refractivity contribution in [1.82, 2.24) is 0 Å². The second-order valence-electron chi connectivity index (χ2n) is 21.3. The molecule has 0 saturated heterocycles. The molecule has 8 aromatic carbocycles. The first-order valence-electron chi connectivity index (χ1n) is 25.7. The number of hydrogen-bond acceptors (Lipinski definition) is 23. The van der Waals surface area contributed by atoms with Crippen molar-refractivity contribution in [1.29, 1.82) is 0 Å². The van der Waals surface area contributed by atoms with Crippen LogP contribution >= 0.6 is 0 Å². The van der Waals surface area contributed by atoms with Gasteiger partial charge in [0.25, 0.3) is 0 Å². The van der Waals surface area contributed by atoms with Gasteiger partial charge in [0, 0.05) is 86.8 Å². The molecular formula is C60H46O23. The first kappa shape index (κ1) is 51.0. The minimum absolute atomic E-state index is 0.0224. The normalized spacial score (nSPS) is 26.5. The van der Waals surface area contributed by atoms with E-state index in [2.05, 4.69) is 0 Å². The van der Waals surface area contributed by atoms with Gasteiger partial charge >= 0.3 is 11.6 Å². The molecule has 8 aromatic rings. The minimum Gasteiger partial charge on any atom is -0.508 e. The number of aliphatic hydroxyl groups excluding tert-OH is 4. The smallest absolute Gasteiger partial charge is 0.305 e. The van der Waals surface area contributed by atoms with Gasteiger partial charge in [0.2, 0.25) is 0 Å². The van der Waals surface area contributed by atoms with Crippen molar-refractivity contribution in [2.75, 3.05) is 0 Å². The molecule has 424 valence electrons. The lowest BCUT2D eigenvalue weighted by Gasteiger charge is -2.52. The molecule has 0 radical (unpaired) electrons. The Morgan fingerprint density at radius 3 is 1.42 bits per heavy atom. The summed E-state index contributed by atoms with van der Waals surface area (Å²) >= 11 is 0. The third kappa shape index (κ3) is 7.05. The summed E-state index contributed by atoms with van der Waals surface area (Å²) in [6.07, 6.45) is -10.8. The van der Waals surface area contributed by atoms with Crippen LogP contribution in [0.4, 0.5) is 0 Å². The number of benzene rings is 8. The van der Waals surface area contributed by atoms with Gasteiger partial charge < -0.3 is 115 Å². The van der Waals surface area contributed by atoms with E-state index in [9.17, 15) is 86.8 Å². The Morgan fingerprint density at radius 2 is 0.807 bits per heavy atom. The largest absolute Gasteiger partial charge is 0.508 e. The van der Waals surface area contributed by atoms with Gasteiger partial charge in [-0.05, 0) is 77.9 Å². The van der Waals surface area contributed by atoms with Crippen LogP contribution in [0.3, 0.4) is 0 Å². The van der Waals surface area contributed by atoms with E-state index in [1.807, 2.05) is 0 Å². The molecule has 83 heavy (non-hydrogen) atoms. The van der Waals surface area contributed by atoms with Gasteiger partial charge in [-0.1, -0.05) is 12.1 Å². The highest BCUT2D eigenvalue weighted by molar-refractivity contribution is 5.75. The fourth-order valence-corrected chi connectivity index (χ4v) is 12.9. The zero-order valence-electron chi connectivity index (χ0n) is 42.3. The second-order valence-corrected chi connectivity index (χ2v) is 21.3. The molecule has 6 heterocycles. The number of hydrogen-bond donors (Lipinski definition) is 17. The molecule has 14 rings (SSSR count). The van der Waals surface area contributed by atoms with Crippen molar-refractivity contribution in [3.63, 3.8) is 0 Å². The summed E-state index contributed by atoms with van der Waals surface area (Å²) in [7, 11) is 0. The molecule has 23 nitrogen and oxygen atoms in total. The van der Waals surface area contributed by atoms with Crippen molar-refractivity contribution < 1.29 is 115 Å². The van der Waals surface area contributed by atoms with Crippen LogP contribution in [0.25, 0.3) is 0 Å². The van der Waals surface area contributed by atoms with E-state index in [1.54, 1.807) is 0 Å². The first-order valence-corrected chi connectivity index (χ1v) is 25.7. The minimum atomic E-state index is -2.65. The van der Waals surface area contributed by atoms with E-state index < -0.39 is 152 Å². The average molecular weight is 1140 g/mol. The Hall–Kier alpha value is -10.2. The zero-order valence-corrected chi connectivity index (χ0v) is 42.3. The zero-order chi connectivity index (χ0) is 58.2.